The minimum Gasteiger partial charge on any atom is -0.324 e. The monoisotopic (exact) mass is 334 g/mol. The van der Waals surface area contributed by atoms with E-state index >= 15 is 0 Å². The quantitative estimate of drug-likeness (QED) is 0.676. The molecule has 0 aliphatic carbocycles. The summed E-state index contributed by atoms with van der Waals surface area (Å²) in [5.74, 6) is -1.70. The summed E-state index contributed by atoms with van der Waals surface area (Å²) < 4.78 is 1.39. The van der Waals surface area contributed by atoms with E-state index in [1.807, 2.05) is 0 Å². The Bertz CT molecular complexity index is 962. The van der Waals surface area contributed by atoms with E-state index in [1.54, 1.807) is 36.5 Å². The summed E-state index contributed by atoms with van der Waals surface area (Å²) >= 11 is 0. The van der Waals surface area contributed by atoms with Gasteiger partial charge in [-0.1, -0.05) is 23.3 Å². The Morgan fingerprint density at radius 2 is 1.64 bits per heavy atom. The summed E-state index contributed by atoms with van der Waals surface area (Å²) in [5.41, 5.74) is 0.483. The highest BCUT2D eigenvalue weighted by atomic mass is 16.7. The van der Waals surface area contributed by atoms with Crippen LogP contribution in [-0.4, -0.2) is 37.6 Å². The molecule has 122 valence electrons. The molecule has 2 aromatic heterocycles. The Balaban J connectivity index is 1.55. The average molecular weight is 334 g/mol. The van der Waals surface area contributed by atoms with E-state index < -0.39 is 17.8 Å². The Morgan fingerprint density at radius 3 is 2.28 bits per heavy atom. The van der Waals surface area contributed by atoms with Gasteiger partial charge in [0.1, 0.15) is 5.56 Å². The number of imide groups is 1. The predicted octanol–water partition coefficient (Wildman–Crippen LogP) is 1.64. The lowest BCUT2D eigenvalue weighted by molar-refractivity contribution is -0.0584. The van der Waals surface area contributed by atoms with Gasteiger partial charge in [-0.25, -0.2) is 14.5 Å². The number of amides is 2. The van der Waals surface area contributed by atoms with Gasteiger partial charge in [-0.15, -0.1) is 0 Å². The molecule has 2 amide bonds. The fraction of sp³-hybridized carbons (Fsp3) is 0. The Kier molecular flexibility index (Phi) is 3.35. The van der Waals surface area contributed by atoms with Crippen molar-refractivity contribution in [2.24, 2.45) is 0 Å². The van der Waals surface area contributed by atoms with Crippen LogP contribution in [0.3, 0.4) is 0 Å². The van der Waals surface area contributed by atoms with E-state index in [4.69, 9.17) is 4.84 Å². The summed E-state index contributed by atoms with van der Waals surface area (Å²) in [7, 11) is 0. The van der Waals surface area contributed by atoms with Gasteiger partial charge in [0.2, 0.25) is 0 Å². The van der Waals surface area contributed by atoms with Crippen LogP contribution in [0.25, 0.3) is 5.82 Å². The summed E-state index contributed by atoms with van der Waals surface area (Å²) in [6.07, 6.45) is 4.27. The van der Waals surface area contributed by atoms with Crippen LogP contribution < -0.4 is 0 Å². The lowest BCUT2D eigenvalue weighted by Gasteiger charge is -2.11. The van der Waals surface area contributed by atoms with Gasteiger partial charge in [-0.2, -0.15) is 5.10 Å². The molecule has 0 bridgehead atoms. The molecule has 0 unspecified atom stereocenters. The normalized spacial score (nSPS) is 13.0. The van der Waals surface area contributed by atoms with Gasteiger partial charge < -0.3 is 4.84 Å². The van der Waals surface area contributed by atoms with E-state index in [-0.39, 0.29) is 16.7 Å². The molecule has 3 heterocycles. The summed E-state index contributed by atoms with van der Waals surface area (Å²) in [5, 5.41) is 4.49. The summed E-state index contributed by atoms with van der Waals surface area (Å²) in [6.45, 7) is 0. The first-order valence-electron chi connectivity index (χ1n) is 7.31. The first-order valence-corrected chi connectivity index (χ1v) is 7.31. The van der Waals surface area contributed by atoms with Crippen molar-refractivity contribution in [1.82, 2.24) is 19.8 Å². The van der Waals surface area contributed by atoms with Crippen molar-refractivity contribution >= 4 is 17.8 Å². The van der Waals surface area contributed by atoms with Crippen molar-refractivity contribution in [2.75, 3.05) is 0 Å². The molecule has 0 saturated heterocycles. The number of hydrogen-bond donors (Lipinski definition) is 0. The molecule has 1 aromatic carbocycles. The maximum atomic E-state index is 12.2. The maximum Gasteiger partial charge on any atom is 0.367 e. The van der Waals surface area contributed by atoms with Crippen molar-refractivity contribution < 1.29 is 19.2 Å². The van der Waals surface area contributed by atoms with E-state index in [9.17, 15) is 14.4 Å². The minimum absolute atomic E-state index is 0.0854. The van der Waals surface area contributed by atoms with Crippen LogP contribution in [0.15, 0.2) is 61.1 Å². The lowest BCUT2D eigenvalue weighted by Crippen LogP contribution is -2.32. The zero-order valence-corrected chi connectivity index (χ0v) is 12.7. The van der Waals surface area contributed by atoms with Crippen LogP contribution in [0, 0.1) is 0 Å². The fourth-order valence-electron chi connectivity index (χ4n) is 2.43. The molecule has 0 spiro atoms. The highest BCUT2D eigenvalue weighted by Crippen LogP contribution is 2.23. The molecule has 0 fully saturated rings. The number of pyridine rings is 1. The third-order valence-electron chi connectivity index (χ3n) is 3.63. The van der Waals surface area contributed by atoms with Gasteiger partial charge in [-0.05, 0) is 24.3 Å². The highest BCUT2D eigenvalue weighted by molar-refractivity contribution is 6.21. The topological polar surface area (TPSA) is 94.4 Å². The second kappa shape index (κ2) is 5.68. The first kappa shape index (κ1) is 14.8. The lowest BCUT2D eigenvalue weighted by atomic mass is 10.1. The Hall–Kier alpha value is -3.81. The number of nitrogens with zero attached hydrogens (tertiary/aromatic N) is 4. The number of aromatic nitrogens is 3. The largest absolute Gasteiger partial charge is 0.367 e. The molecule has 8 nitrogen and oxygen atoms in total. The van der Waals surface area contributed by atoms with Gasteiger partial charge in [0.25, 0.3) is 11.8 Å². The molecule has 0 N–H and O–H groups in total. The summed E-state index contributed by atoms with van der Waals surface area (Å²) in [6, 6.07) is 11.5. The standard InChI is InChI=1S/C17H10N4O4/c22-15-12-5-1-2-6-13(12)16(23)21(15)25-17(24)11-9-19-20(10-11)14-7-3-4-8-18-14/h1-10H. The Labute approximate surface area is 141 Å². The van der Waals surface area contributed by atoms with Crippen LogP contribution in [0.1, 0.15) is 31.1 Å². The molecule has 8 heteroatoms. The first-order chi connectivity index (χ1) is 12.1. The van der Waals surface area contributed by atoms with Gasteiger partial charge in [0.05, 0.1) is 17.3 Å². The van der Waals surface area contributed by atoms with Crippen LogP contribution in [-0.2, 0) is 4.84 Å². The third kappa shape index (κ3) is 2.45. The van der Waals surface area contributed by atoms with Gasteiger partial charge in [0.15, 0.2) is 5.82 Å². The minimum atomic E-state index is -0.864. The SMILES string of the molecule is O=C(ON1C(=O)c2ccccc2C1=O)c1cnn(-c2ccccn2)c1. The molecular weight excluding hydrogens is 324 g/mol. The average Bonchev–Trinajstić information content (AvgIpc) is 3.23. The van der Waals surface area contributed by atoms with Gasteiger partial charge in [0, 0.05) is 12.4 Å². The molecule has 1 aliphatic rings. The van der Waals surface area contributed by atoms with Crippen molar-refractivity contribution in [2.45, 2.75) is 0 Å². The molecule has 0 saturated carbocycles. The molecule has 3 aromatic rings. The number of carbonyl (C=O) groups is 3. The van der Waals surface area contributed by atoms with E-state index in [0.717, 1.165) is 0 Å². The molecular formula is C17H10N4O4. The van der Waals surface area contributed by atoms with Gasteiger partial charge >= 0.3 is 5.97 Å². The number of carbonyl (C=O) groups excluding carboxylic acids is 3. The van der Waals surface area contributed by atoms with Gasteiger partial charge in [-0.3, -0.25) is 9.59 Å². The second-order valence-electron chi connectivity index (χ2n) is 5.19. The number of hydroxylamine groups is 2. The van der Waals surface area contributed by atoms with Crippen LogP contribution in [0.4, 0.5) is 0 Å². The number of fused-ring (bicyclic) bond motifs is 1. The van der Waals surface area contributed by atoms with Crippen molar-refractivity contribution in [3.05, 3.63) is 77.7 Å². The fourth-order valence-corrected chi connectivity index (χ4v) is 2.43. The van der Waals surface area contributed by atoms with Crippen molar-refractivity contribution in [3.63, 3.8) is 0 Å². The van der Waals surface area contributed by atoms with E-state index in [2.05, 4.69) is 10.1 Å². The zero-order chi connectivity index (χ0) is 17.4. The number of hydrogen-bond acceptors (Lipinski definition) is 6. The molecule has 0 atom stereocenters. The number of benzene rings is 1. The number of rotatable bonds is 3. The molecule has 0 radical (unpaired) electrons. The van der Waals surface area contributed by atoms with Crippen molar-refractivity contribution in [1.29, 1.82) is 0 Å². The maximum absolute atomic E-state index is 12.2. The second-order valence-corrected chi connectivity index (χ2v) is 5.19. The van der Waals surface area contributed by atoms with Crippen LogP contribution >= 0.6 is 0 Å². The molecule has 1 aliphatic heterocycles. The predicted molar refractivity (Wildman–Crippen MR) is 83.7 cm³/mol. The van der Waals surface area contributed by atoms with Crippen LogP contribution in [0.5, 0.6) is 0 Å². The van der Waals surface area contributed by atoms with Crippen LogP contribution in [0.2, 0.25) is 0 Å². The van der Waals surface area contributed by atoms with E-state index in [0.29, 0.717) is 10.9 Å². The van der Waals surface area contributed by atoms with Crippen molar-refractivity contribution in [3.8, 4) is 5.82 Å². The molecule has 25 heavy (non-hydrogen) atoms. The Morgan fingerprint density at radius 1 is 0.960 bits per heavy atom. The molecule has 4 rings (SSSR count). The van der Waals surface area contributed by atoms with E-state index in [1.165, 1.54) is 29.2 Å². The zero-order valence-electron chi connectivity index (χ0n) is 12.7. The highest BCUT2D eigenvalue weighted by Gasteiger charge is 2.38. The smallest absolute Gasteiger partial charge is 0.324 e. The summed E-state index contributed by atoms with van der Waals surface area (Å²) in [4.78, 5) is 45.7. The third-order valence-corrected chi connectivity index (χ3v) is 3.63.